The Morgan fingerprint density at radius 3 is 2.46 bits per heavy atom. The molecule has 0 aliphatic carbocycles. The molecule has 3 aromatic rings. The monoisotopic (exact) mass is 533 g/mol. The van der Waals surface area contributed by atoms with E-state index in [9.17, 15) is 9.90 Å². The molecule has 1 spiro atoms. The number of likely N-dealkylation sites (tertiary alicyclic amines) is 1. The number of β-amino-alcohol motifs (C(OH)–C–C–N with tert-alkyl or cyclic N) is 1. The zero-order chi connectivity index (χ0) is 27.2. The first-order valence-electron chi connectivity index (χ1n) is 13.3. The summed E-state index contributed by atoms with van der Waals surface area (Å²) in [5, 5.41) is 10.8. The number of aliphatic hydroxyl groups excluding tert-OH is 1. The van der Waals surface area contributed by atoms with Crippen LogP contribution < -0.4 is 18.9 Å². The molecule has 2 aliphatic heterocycles. The quantitative estimate of drug-likeness (QED) is 0.387. The molecule has 0 aromatic heterocycles. The molecule has 39 heavy (non-hydrogen) atoms. The maximum Gasteiger partial charge on any atom is 0.341 e. The number of rotatable bonds is 10. The van der Waals surface area contributed by atoms with E-state index < -0.39 is 12.1 Å². The minimum Gasteiger partial charge on any atom is -0.497 e. The van der Waals surface area contributed by atoms with E-state index in [1.54, 1.807) is 25.3 Å². The normalized spacial score (nSPS) is 16.7. The van der Waals surface area contributed by atoms with Crippen molar-refractivity contribution in [3.05, 3.63) is 83.4 Å². The summed E-state index contributed by atoms with van der Waals surface area (Å²) in [6, 6.07) is 20.8. The maximum atomic E-state index is 12.3. The molecule has 1 atom stereocenters. The van der Waals surface area contributed by atoms with E-state index in [2.05, 4.69) is 17.0 Å². The van der Waals surface area contributed by atoms with E-state index in [-0.39, 0.29) is 17.8 Å². The number of aliphatic hydroxyl groups is 1. The number of carbonyl (C=O) groups excluding carboxylic acids is 1. The minimum atomic E-state index is -0.727. The standard InChI is InChI=1S/C31H35NO7/c1-35-25-9-7-22(8-10-25)20-37-26-11-12-27(30(34)36-2)29(17-26)38-21-24(33)19-32-15-13-31(14-16-32)18-23-5-3-4-6-28(23)39-31/h3-12,17,24,33H,13-16,18-21H2,1-2H3/t24-/m0/s1. The summed E-state index contributed by atoms with van der Waals surface area (Å²) < 4.78 is 28.3. The highest BCUT2D eigenvalue weighted by molar-refractivity contribution is 5.92. The van der Waals surface area contributed by atoms with Gasteiger partial charge in [-0.05, 0) is 41.5 Å². The van der Waals surface area contributed by atoms with Crippen molar-refractivity contribution in [1.29, 1.82) is 0 Å². The van der Waals surface area contributed by atoms with E-state index in [1.807, 2.05) is 36.4 Å². The van der Waals surface area contributed by atoms with Crippen molar-refractivity contribution in [2.24, 2.45) is 0 Å². The Kier molecular flexibility index (Phi) is 8.24. The van der Waals surface area contributed by atoms with Crippen LogP contribution in [-0.4, -0.2) is 68.1 Å². The SMILES string of the molecule is COC(=O)c1ccc(OCc2ccc(OC)cc2)cc1OC[C@@H](O)CN1CCC2(CC1)Cc1ccccc1O2. The molecular weight excluding hydrogens is 498 g/mol. The Morgan fingerprint density at radius 1 is 1.00 bits per heavy atom. The maximum absolute atomic E-state index is 12.3. The van der Waals surface area contributed by atoms with Gasteiger partial charge in [-0.15, -0.1) is 0 Å². The summed E-state index contributed by atoms with van der Waals surface area (Å²) >= 11 is 0. The number of hydrogen-bond donors (Lipinski definition) is 1. The Labute approximate surface area is 229 Å². The molecule has 8 heteroatoms. The minimum absolute atomic E-state index is 0.0372. The average Bonchev–Trinajstić information content (AvgIpc) is 3.34. The number of para-hydroxylation sites is 1. The molecule has 8 nitrogen and oxygen atoms in total. The molecule has 1 N–H and O–H groups in total. The predicted octanol–water partition coefficient (Wildman–Crippen LogP) is 4.27. The van der Waals surface area contributed by atoms with Gasteiger partial charge in [0.15, 0.2) is 0 Å². The lowest BCUT2D eigenvalue weighted by Gasteiger charge is -2.39. The van der Waals surface area contributed by atoms with Crippen LogP contribution in [0.2, 0.25) is 0 Å². The fraction of sp³-hybridized carbons (Fsp3) is 0.387. The van der Waals surface area contributed by atoms with Crippen LogP contribution >= 0.6 is 0 Å². The zero-order valence-electron chi connectivity index (χ0n) is 22.4. The number of fused-ring (bicyclic) bond motifs is 1. The van der Waals surface area contributed by atoms with Gasteiger partial charge in [-0.25, -0.2) is 4.79 Å². The summed E-state index contributed by atoms with van der Waals surface area (Å²) in [6.45, 7) is 2.54. The molecule has 1 saturated heterocycles. The van der Waals surface area contributed by atoms with Crippen LogP contribution in [0.3, 0.4) is 0 Å². The van der Waals surface area contributed by atoms with Gasteiger partial charge in [0.1, 0.15) is 53.5 Å². The Hall–Kier alpha value is -3.75. The fourth-order valence-electron chi connectivity index (χ4n) is 5.20. The molecule has 5 rings (SSSR count). The zero-order valence-corrected chi connectivity index (χ0v) is 22.4. The first-order chi connectivity index (χ1) is 19.0. The van der Waals surface area contributed by atoms with Gasteiger partial charge < -0.3 is 33.7 Å². The van der Waals surface area contributed by atoms with Gasteiger partial charge in [-0.3, -0.25) is 0 Å². The third kappa shape index (κ3) is 6.46. The Morgan fingerprint density at radius 2 is 1.74 bits per heavy atom. The molecule has 206 valence electrons. The summed E-state index contributed by atoms with van der Waals surface area (Å²) in [5.74, 6) is 2.11. The Bertz CT molecular complexity index is 1240. The predicted molar refractivity (Wildman–Crippen MR) is 146 cm³/mol. The number of hydrogen-bond acceptors (Lipinski definition) is 8. The van der Waals surface area contributed by atoms with Gasteiger partial charge in [0.25, 0.3) is 0 Å². The van der Waals surface area contributed by atoms with Gasteiger partial charge in [0, 0.05) is 45.0 Å². The van der Waals surface area contributed by atoms with Crippen molar-refractivity contribution in [3.8, 4) is 23.0 Å². The van der Waals surface area contributed by atoms with Crippen molar-refractivity contribution < 1.29 is 33.6 Å². The second kappa shape index (κ2) is 12.0. The van der Waals surface area contributed by atoms with Crippen LogP contribution in [0.5, 0.6) is 23.0 Å². The van der Waals surface area contributed by atoms with Crippen molar-refractivity contribution in [2.75, 3.05) is 40.5 Å². The van der Waals surface area contributed by atoms with Gasteiger partial charge in [-0.1, -0.05) is 30.3 Å². The number of methoxy groups -OCH3 is 2. The third-order valence-corrected chi connectivity index (χ3v) is 7.40. The lowest BCUT2D eigenvalue weighted by Crippen LogP contribution is -2.49. The number of benzene rings is 3. The molecule has 0 saturated carbocycles. The van der Waals surface area contributed by atoms with Crippen molar-refractivity contribution in [2.45, 2.75) is 37.6 Å². The molecule has 0 radical (unpaired) electrons. The van der Waals surface area contributed by atoms with E-state index in [1.165, 1.54) is 12.7 Å². The lowest BCUT2D eigenvalue weighted by atomic mass is 9.87. The van der Waals surface area contributed by atoms with Crippen molar-refractivity contribution in [1.82, 2.24) is 4.90 Å². The van der Waals surface area contributed by atoms with Gasteiger partial charge in [-0.2, -0.15) is 0 Å². The number of esters is 1. The second-order valence-electron chi connectivity index (χ2n) is 10.1. The highest BCUT2D eigenvalue weighted by atomic mass is 16.5. The number of nitrogens with zero attached hydrogens (tertiary/aromatic N) is 1. The van der Waals surface area contributed by atoms with Crippen molar-refractivity contribution >= 4 is 5.97 Å². The van der Waals surface area contributed by atoms with Crippen LogP contribution in [-0.2, 0) is 17.8 Å². The van der Waals surface area contributed by atoms with E-state index in [0.29, 0.717) is 24.7 Å². The lowest BCUT2D eigenvalue weighted by molar-refractivity contribution is -0.00205. The number of piperidine rings is 1. The van der Waals surface area contributed by atoms with Crippen LogP contribution in [0.25, 0.3) is 0 Å². The molecule has 3 aromatic carbocycles. The highest BCUT2D eigenvalue weighted by Crippen LogP contribution is 2.40. The molecular formula is C31H35NO7. The van der Waals surface area contributed by atoms with Gasteiger partial charge >= 0.3 is 5.97 Å². The Balaban J connectivity index is 1.14. The summed E-state index contributed by atoms with van der Waals surface area (Å²) in [7, 11) is 2.95. The molecule has 0 bridgehead atoms. The first kappa shape index (κ1) is 26.8. The van der Waals surface area contributed by atoms with Gasteiger partial charge in [0.2, 0.25) is 0 Å². The topological polar surface area (TPSA) is 86.7 Å². The van der Waals surface area contributed by atoms with E-state index >= 15 is 0 Å². The largest absolute Gasteiger partial charge is 0.497 e. The highest BCUT2D eigenvalue weighted by Gasteiger charge is 2.41. The molecule has 2 heterocycles. The molecule has 0 unspecified atom stereocenters. The third-order valence-electron chi connectivity index (χ3n) is 7.40. The van der Waals surface area contributed by atoms with Crippen molar-refractivity contribution in [3.63, 3.8) is 0 Å². The van der Waals surface area contributed by atoms with Gasteiger partial charge in [0.05, 0.1) is 14.2 Å². The number of carbonyl (C=O) groups is 1. The van der Waals surface area contributed by atoms with E-state index in [0.717, 1.165) is 49.4 Å². The number of ether oxygens (including phenoxy) is 5. The fourth-order valence-corrected chi connectivity index (χ4v) is 5.20. The van der Waals surface area contributed by atoms with E-state index in [4.69, 9.17) is 23.7 Å². The summed E-state index contributed by atoms with van der Waals surface area (Å²) in [5.41, 5.74) is 2.39. The summed E-state index contributed by atoms with van der Waals surface area (Å²) in [6.07, 6.45) is 2.04. The summed E-state index contributed by atoms with van der Waals surface area (Å²) in [4.78, 5) is 14.6. The second-order valence-corrected chi connectivity index (χ2v) is 10.1. The molecule has 1 fully saturated rings. The van der Waals surface area contributed by atoms with Crippen LogP contribution in [0.4, 0.5) is 0 Å². The van der Waals surface area contributed by atoms with Crippen LogP contribution in [0, 0.1) is 0 Å². The first-order valence-corrected chi connectivity index (χ1v) is 13.3. The smallest absolute Gasteiger partial charge is 0.341 e. The average molecular weight is 534 g/mol. The van der Waals surface area contributed by atoms with Crippen LogP contribution in [0.1, 0.15) is 34.3 Å². The van der Waals surface area contributed by atoms with Crippen LogP contribution in [0.15, 0.2) is 66.7 Å². The molecule has 2 aliphatic rings. The molecule has 0 amide bonds.